The van der Waals surface area contributed by atoms with Crippen LogP contribution in [0.1, 0.15) is 24.2 Å². The van der Waals surface area contributed by atoms with E-state index in [1.165, 1.54) is 4.90 Å². The molecule has 5 rings (SSSR count). The first-order valence-corrected chi connectivity index (χ1v) is 12.0. The molecule has 10 nitrogen and oxygen atoms in total. The van der Waals surface area contributed by atoms with Gasteiger partial charge in [0.05, 0.1) is 11.4 Å². The quantitative estimate of drug-likeness (QED) is 0.567. The summed E-state index contributed by atoms with van der Waals surface area (Å²) in [4.78, 5) is 41.8. The number of rotatable bonds is 5. The van der Waals surface area contributed by atoms with Gasteiger partial charge >= 0.3 is 12.1 Å². The summed E-state index contributed by atoms with van der Waals surface area (Å²) in [6.45, 7) is 5.89. The maximum Gasteiger partial charge on any atom is 0.331 e. The van der Waals surface area contributed by atoms with E-state index in [1.807, 2.05) is 25.1 Å². The van der Waals surface area contributed by atoms with Crippen molar-refractivity contribution in [3.63, 3.8) is 0 Å². The van der Waals surface area contributed by atoms with E-state index in [2.05, 4.69) is 20.3 Å². The summed E-state index contributed by atoms with van der Waals surface area (Å²) in [6.07, 6.45) is 5.05. The predicted octanol–water partition coefficient (Wildman–Crippen LogP) is 4.40. The molecular formula is C26H28N6O4. The van der Waals surface area contributed by atoms with Crippen molar-refractivity contribution in [3.05, 3.63) is 60.2 Å². The molecule has 3 aromatic rings. The molecule has 4 amide bonds. The highest BCUT2D eigenvalue weighted by Crippen LogP contribution is 2.28. The van der Waals surface area contributed by atoms with Crippen molar-refractivity contribution in [2.45, 2.75) is 32.7 Å². The summed E-state index contributed by atoms with van der Waals surface area (Å²) >= 11 is 0. The summed E-state index contributed by atoms with van der Waals surface area (Å²) in [6, 6.07) is 10.3. The van der Waals surface area contributed by atoms with Crippen LogP contribution in [0.3, 0.4) is 0 Å². The standard InChI is InChI=1S/C26H28N6O4/c1-17-3-4-19(16-28-17)22-15-21(7-10-27-22)36-23-5-6-24(29-18(23)2)30-25(33)32-12-11-31(26(32)34)20-8-13-35-14-9-20/h3-7,10,15-16,20H,8-9,11-14H2,1-2H3,(H,29,30,33). The minimum atomic E-state index is -0.486. The second-order valence-corrected chi connectivity index (χ2v) is 8.85. The van der Waals surface area contributed by atoms with E-state index in [0.717, 1.165) is 29.8 Å². The van der Waals surface area contributed by atoms with Gasteiger partial charge in [-0.2, -0.15) is 0 Å². The number of aromatic nitrogens is 3. The molecule has 0 atom stereocenters. The monoisotopic (exact) mass is 488 g/mol. The van der Waals surface area contributed by atoms with Crippen molar-refractivity contribution in [3.8, 4) is 22.8 Å². The predicted molar refractivity (Wildman–Crippen MR) is 133 cm³/mol. The summed E-state index contributed by atoms with van der Waals surface area (Å²) in [5.74, 6) is 1.51. The molecular weight excluding hydrogens is 460 g/mol. The average molecular weight is 489 g/mol. The molecule has 0 saturated carbocycles. The number of aryl methyl sites for hydroxylation is 2. The van der Waals surface area contributed by atoms with Crippen LogP contribution in [0.25, 0.3) is 11.3 Å². The Morgan fingerprint density at radius 2 is 1.92 bits per heavy atom. The SMILES string of the molecule is Cc1ccc(-c2cc(Oc3ccc(NC(=O)N4CCN(C5CCOCC5)C4=O)nc3C)ccn2)cn1. The highest BCUT2D eigenvalue weighted by molar-refractivity contribution is 6.01. The Hall–Kier alpha value is -4.05. The number of amides is 4. The van der Waals surface area contributed by atoms with Crippen molar-refractivity contribution >= 4 is 17.9 Å². The molecule has 2 aliphatic rings. The number of carbonyl (C=O) groups excluding carboxylic acids is 2. The van der Waals surface area contributed by atoms with Gasteiger partial charge in [-0.15, -0.1) is 0 Å². The molecule has 36 heavy (non-hydrogen) atoms. The van der Waals surface area contributed by atoms with Crippen LogP contribution in [0.4, 0.5) is 15.4 Å². The van der Waals surface area contributed by atoms with Crippen LogP contribution in [0.15, 0.2) is 48.8 Å². The average Bonchev–Trinajstić information content (AvgIpc) is 3.28. The van der Waals surface area contributed by atoms with E-state index in [0.29, 0.717) is 49.3 Å². The Balaban J connectivity index is 1.23. The number of carbonyl (C=O) groups is 2. The largest absolute Gasteiger partial charge is 0.455 e. The third-order valence-corrected chi connectivity index (χ3v) is 6.36. The lowest BCUT2D eigenvalue weighted by atomic mass is 10.1. The maximum atomic E-state index is 12.8. The van der Waals surface area contributed by atoms with Gasteiger partial charge in [-0.05, 0) is 57.0 Å². The van der Waals surface area contributed by atoms with Crippen LogP contribution in [0.2, 0.25) is 0 Å². The molecule has 3 aromatic heterocycles. The molecule has 2 fully saturated rings. The fraction of sp³-hybridized carbons (Fsp3) is 0.346. The Labute approximate surface area is 209 Å². The van der Waals surface area contributed by atoms with E-state index in [-0.39, 0.29) is 12.1 Å². The fourth-order valence-electron chi connectivity index (χ4n) is 4.36. The lowest BCUT2D eigenvalue weighted by Gasteiger charge is -2.30. The third-order valence-electron chi connectivity index (χ3n) is 6.36. The van der Waals surface area contributed by atoms with E-state index >= 15 is 0 Å². The number of imide groups is 1. The normalized spacial score (nSPS) is 16.3. The van der Waals surface area contributed by atoms with Crippen LogP contribution in [0, 0.1) is 13.8 Å². The van der Waals surface area contributed by atoms with Crippen LogP contribution in [-0.4, -0.2) is 69.2 Å². The number of urea groups is 2. The van der Waals surface area contributed by atoms with E-state index < -0.39 is 6.03 Å². The number of ether oxygens (including phenoxy) is 2. The van der Waals surface area contributed by atoms with Crippen LogP contribution < -0.4 is 10.1 Å². The number of hydrogen-bond donors (Lipinski definition) is 1. The van der Waals surface area contributed by atoms with E-state index in [9.17, 15) is 9.59 Å². The molecule has 2 aliphatic heterocycles. The molecule has 5 heterocycles. The molecule has 0 unspecified atom stereocenters. The van der Waals surface area contributed by atoms with Gasteiger partial charge in [0, 0.05) is 62.1 Å². The Kier molecular flexibility index (Phi) is 6.77. The van der Waals surface area contributed by atoms with Gasteiger partial charge in [-0.25, -0.2) is 19.5 Å². The maximum absolute atomic E-state index is 12.8. The first kappa shape index (κ1) is 23.7. The second-order valence-electron chi connectivity index (χ2n) is 8.85. The summed E-state index contributed by atoms with van der Waals surface area (Å²) in [5.41, 5.74) is 3.18. The molecule has 0 aliphatic carbocycles. The van der Waals surface area contributed by atoms with Crippen molar-refractivity contribution in [2.75, 3.05) is 31.6 Å². The van der Waals surface area contributed by atoms with Gasteiger partial charge < -0.3 is 14.4 Å². The zero-order chi connectivity index (χ0) is 25.1. The van der Waals surface area contributed by atoms with Crippen molar-refractivity contribution in [1.29, 1.82) is 0 Å². The second kappa shape index (κ2) is 10.3. The van der Waals surface area contributed by atoms with Crippen molar-refractivity contribution in [1.82, 2.24) is 24.8 Å². The summed E-state index contributed by atoms with van der Waals surface area (Å²) < 4.78 is 11.4. The van der Waals surface area contributed by atoms with Gasteiger partial charge in [0.25, 0.3) is 0 Å². The van der Waals surface area contributed by atoms with Crippen molar-refractivity contribution in [2.24, 2.45) is 0 Å². The first-order chi connectivity index (χ1) is 17.5. The van der Waals surface area contributed by atoms with Crippen LogP contribution >= 0.6 is 0 Å². The smallest absolute Gasteiger partial charge is 0.331 e. The summed E-state index contributed by atoms with van der Waals surface area (Å²) in [7, 11) is 0. The molecule has 0 spiro atoms. The Morgan fingerprint density at radius 3 is 2.67 bits per heavy atom. The van der Waals surface area contributed by atoms with Crippen LogP contribution in [0.5, 0.6) is 11.5 Å². The number of anilines is 1. The Morgan fingerprint density at radius 1 is 1.08 bits per heavy atom. The van der Waals surface area contributed by atoms with Gasteiger partial charge in [-0.1, -0.05) is 0 Å². The van der Waals surface area contributed by atoms with Crippen LogP contribution in [-0.2, 0) is 4.74 Å². The molecule has 186 valence electrons. The molecule has 2 saturated heterocycles. The third kappa shape index (κ3) is 5.13. The zero-order valence-corrected chi connectivity index (χ0v) is 20.3. The molecule has 10 heteroatoms. The lowest BCUT2D eigenvalue weighted by molar-refractivity contribution is 0.0510. The van der Waals surface area contributed by atoms with Gasteiger partial charge in [0.1, 0.15) is 17.3 Å². The number of hydrogen-bond acceptors (Lipinski definition) is 7. The highest BCUT2D eigenvalue weighted by Gasteiger charge is 2.37. The zero-order valence-electron chi connectivity index (χ0n) is 20.3. The lowest BCUT2D eigenvalue weighted by Crippen LogP contribution is -2.44. The van der Waals surface area contributed by atoms with E-state index in [1.54, 1.807) is 42.4 Å². The number of pyridine rings is 3. The molecule has 0 bridgehead atoms. The topological polar surface area (TPSA) is 110 Å². The number of nitrogens with zero attached hydrogens (tertiary/aromatic N) is 5. The van der Waals surface area contributed by atoms with Gasteiger partial charge in [-0.3, -0.25) is 15.3 Å². The molecule has 0 radical (unpaired) electrons. The molecule has 1 N–H and O–H groups in total. The van der Waals surface area contributed by atoms with E-state index in [4.69, 9.17) is 9.47 Å². The first-order valence-electron chi connectivity index (χ1n) is 12.0. The van der Waals surface area contributed by atoms with Gasteiger partial charge in [0.15, 0.2) is 0 Å². The van der Waals surface area contributed by atoms with Crippen molar-refractivity contribution < 1.29 is 19.1 Å². The number of nitrogens with one attached hydrogen (secondary N) is 1. The minimum absolute atomic E-state index is 0.122. The fourth-order valence-corrected chi connectivity index (χ4v) is 4.36. The Bertz CT molecular complexity index is 1260. The van der Waals surface area contributed by atoms with Gasteiger partial charge in [0.2, 0.25) is 0 Å². The highest BCUT2D eigenvalue weighted by atomic mass is 16.5. The molecule has 0 aromatic carbocycles. The minimum Gasteiger partial charge on any atom is -0.455 e. The summed E-state index contributed by atoms with van der Waals surface area (Å²) in [5, 5.41) is 2.74.